The van der Waals surface area contributed by atoms with Crippen LogP contribution in [0.15, 0.2) is 51.8 Å². The van der Waals surface area contributed by atoms with Gasteiger partial charge in [0.1, 0.15) is 17.5 Å². The van der Waals surface area contributed by atoms with Crippen LogP contribution in [0.2, 0.25) is 0 Å². The van der Waals surface area contributed by atoms with Gasteiger partial charge in [0, 0.05) is 29.2 Å². The Morgan fingerprint density at radius 3 is 2.53 bits per heavy atom. The number of hydrogen-bond donors (Lipinski definition) is 1. The molecule has 0 saturated carbocycles. The predicted molar refractivity (Wildman–Crippen MR) is 117 cm³/mol. The molecule has 0 radical (unpaired) electrons. The number of amides is 1. The summed E-state index contributed by atoms with van der Waals surface area (Å²) in [7, 11) is -0.649. The number of nitrogens with one attached hydrogen (secondary N) is 1. The molecule has 0 aromatic heterocycles. The minimum absolute atomic E-state index is 0.183. The molecule has 7 nitrogen and oxygen atoms in total. The zero-order valence-electron chi connectivity index (χ0n) is 16.9. The van der Waals surface area contributed by atoms with Crippen molar-refractivity contribution in [2.24, 2.45) is 0 Å². The Balaban J connectivity index is 1.76. The fraction of sp³-hybridized carbons (Fsp3) is 0.381. The van der Waals surface area contributed by atoms with E-state index in [1.165, 1.54) is 4.31 Å². The molecule has 9 heteroatoms. The number of benzene rings is 2. The summed E-state index contributed by atoms with van der Waals surface area (Å²) in [5.41, 5.74) is 0.782. The highest BCUT2D eigenvalue weighted by Gasteiger charge is 2.37. The van der Waals surface area contributed by atoms with Gasteiger partial charge in [0.2, 0.25) is 15.9 Å². The topological polar surface area (TPSA) is 84.9 Å². The molecule has 2 aromatic rings. The summed E-state index contributed by atoms with van der Waals surface area (Å²) in [4.78, 5) is 13.1. The van der Waals surface area contributed by atoms with Gasteiger partial charge in [-0.1, -0.05) is 22.4 Å². The van der Waals surface area contributed by atoms with Crippen LogP contribution in [0.1, 0.15) is 24.8 Å². The highest BCUT2D eigenvalue weighted by molar-refractivity contribution is 9.10. The Hall–Kier alpha value is -2.10. The molecule has 2 aromatic carbocycles. The van der Waals surface area contributed by atoms with Gasteiger partial charge in [0.05, 0.1) is 19.1 Å². The molecular weight excluding hydrogens is 472 g/mol. The van der Waals surface area contributed by atoms with Gasteiger partial charge in [-0.15, -0.1) is 0 Å². The quantitative estimate of drug-likeness (QED) is 0.635. The number of ether oxygens (including phenoxy) is 2. The second-order valence-corrected chi connectivity index (χ2v) is 9.78. The SMILES string of the molecule is COc1ccc(CNC(=O)[C@@H]2CCCCN2S(=O)(=O)c2ccc(Br)cc2)c(OC)c1. The van der Waals surface area contributed by atoms with Gasteiger partial charge in [-0.25, -0.2) is 8.42 Å². The van der Waals surface area contributed by atoms with Gasteiger partial charge in [0.25, 0.3) is 0 Å². The van der Waals surface area contributed by atoms with Gasteiger partial charge >= 0.3 is 0 Å². The number of methoxy groups -OCH3 is 2. The highest BCUT2D eigenvalue weighted by Crippen LogP contribution is 2.27. The van der Waals surface area contributed by atoms with Gasteiger partial charge in [0.15, 0.2) is 0 Å². The van der Waals surface area contributed by atoms with Crippen LogP contribution < -0.4 is 14.8 Å². The summed E-state index contributed by atoms with van der Waals surface area (Å²) in [6, 6.07) is 11.1. The lowest BCUT2D eigenvalue weighted by Crippen LogP contribution is -2.51. The van der Waals surface area contributed by atoms with Crippen molar-refractivity contribution in [1.82, 2.24) is 9.62 Å². The summed E-state index contributed by atoms with van der Waals surface area (Å²) in [5.74, 6) is 0.937. The first-order valence-corrected chi connectivity index (χ1v) is 11.9. The maximum atomic E-state index is 13.2. The highest BCUT2D eigenvalue weighted by atomic mass is 79.9. The number of carbonyl (C=O) groups is 1. The average Bonchev–Trinajstić information content (AvgIpc) is 2.77. The predicted octanol–water partition coefficient (Wildman–Crippen LogP) is 3.33. The van der Waals surface area contributed by atoms with E-state index < -0.39 is 16.1 Å². The van der Waals surface area contributed by atoms with Crippen molar-refractivity contribution in [3.8, 4) is 11.5 Å². The van der Waals surface area contributed by atoms with Crippen LogP contribution in [0.3, 0.4) is 0 Å². The molecule has 1 aliphatic rings. The summed E-state index contributed by atoms with van der Waals surface area (Å²) >= 11 is 3.32. The van der Waals surface area contributed by atoms with Crippen LogP contribution in [0, 0.1) is 0 Å². The van der Waals surface area contributed by atoms with E-state index in [-0.39, 0.29) is 17.3 Å². The van der Waals surface area contributed by atoms with E-state index in [9.17, 15) is 13.2 Å². The number of halogens is 1. The molecule has 1 heterocycles. The van der Waals surface area contributed by atoms with E-state index >= 15 is 0 Å². The van der Waals surface area contributed by atoms with Crippen molar-refractivity contribution >= 4 is 31.9 Å². The fourth-order valence-corrected chi connectivity index (χ4v) is 5.42. The molecule has 0 bridgehead atoms. The molecule has 1 N–H and O–H groups in total. The summed E-state index contributed by atoms with van der Waals surface area (Å²) in [6.07, 6.45) is 2.02. The second kappa shape index (κ2) is 9.80. The molecule has 1 fully saturated rings. The molecule has 0 unspecified atom stereocenters. The fourth-order valence-electron chi connectivity index (χ4n) is 3.49. The number of nitrogens with zero attached hydrogens (tertiary/aromatic N) is 1. The van der Waals surface area contributed by atoms with Gasteiger partial charge in [-0.05, 0) is 49.2 Å². The van der Waals surface area contributed by atoms with E-state index in [4.69, 9.17) is 9.47 Å². The van der Waals surface area contributed by atoms with Gasteiger partial charge in [-0.3, -0.25) is 4.79 Å². The van der Waals surface area contributed by atoms with Crippen LogP contribution in [0.5, 0.6) is 11.5 Å². The maximum Gasteiger partial charge on any atom is 0.243 e. The lowest BCUT2D eigenvalue weighted by atomic mass is 10.0. The number of carbonyl (C=O) groups excluding carboxylic acids is 1. The van der Waals surface area contributed by atoms with Crippen molar-refractivity contribution in [3.05, 3.63) is 52.5 Å². The number of rotatable bonds is 7. The molecule has 0 aliphatic carbocycles. The van der Waals surface area contributed by atoms with E-state index in [0.717, 1.165) is 22.9 Å². The molecular formula is C21H25BrN2O5S. The normalized spacial score (nSPS) is 17.4. The minimum atomic E-state index is -3.77. The summed E-state index contributed by atoms with van der Waals surface area (Å²) < 4.78 is 39.0. The Morgan fingerprint density at radius 2 is 1.87 bits per heavy atom. The average molecular weight is 497 g/mol. The van der Waals surface area contributed by atoms with Crippen molar-refractivity contribution in [2.45, 2.75) is 36.7 Å². The third kappa shape index (κ3) is 4.96. The van der Waals surface area contributed by atoms with Crippen molar-refractivity contribution in [3.63, 3.8) is 0 Å². The first kappa shape index (κ1) is 22.6. The van der Waals surface area contributed by atoms with E-state index in [2.05, 4.69) is 21.2 Å². The van der Waals surface area contributed by atoms with Crippen LogP contribution in [-0.2, 0) is 21.4 Å². The van der Waals surface area contributed by atoms with Gasteiger partial charge < -0.3 is 14.8 Å². The van der Waals surface area contributed by atoms with E-state index in [1.54, 1.807) is 50.6 Å². The summed E-state index contributed by atoms with van der Waals surface area (Å²) in [5, 5.41) is 2.87. The number of sulfonamides is 1. The van der Waals surface area contributed by atoms with Crippen molar-refractivity contribution < 1.29 is 22.7 Å². The first-order valence-electron chi connectivity index (χ1n) is 9.63. The maximum absolute atomic E-state index is 13.2. The third-order valence-electron chi connectivity index (χ3n) is 5.12. The van der Waals surface area contributed by atoms with Crippen molar-refractivity contribution in [1.29, 1.82) is 0 Å². The lowest BCUT2D eigenvalue weighted by molar-refractivity contribution is -0.125. The molecule has 1 amide bonds. The molecule has 3 rings (SSSR count). The first-order chi connectivity index (χ1) is 14.4. The zero-order chi connectivity index (χ0) is 21.7. The smallest absolute Gasteiger partial charge is 0.243 e. The second-order valence-electron chi connectivity index (χ2n) is 6.98. The largest absolute Gasteiger partial charge is 0.497 e. The number of piperidine rings is 1. The molecule has 30 heavy (non-hydrogen) atoms. The Morgan fingerprint density at radius 1 is 1.13 bits per heavy atom. The lowest BCUT2D eigenvalue weighted by Gasteiger charge is -2.33. The Labute approximate surface area is 185 Å². The number of hydrogen-bond acceptors (Lipinski definition) is 5. The molecule has 1 atom stereocenters. The van der Waals surface area contributed by atoms with Gasteiger partial charge in [-0.2, -0.15) is 4.31 Å². The van der Waals surface area contributed by atoms with Crippen LogP contribution in [-0.4, -0.2) is 45.4 Å². The molecule has 1 aliphatic heterocycles. The van der Waals surface area contributed by atoms with Crippen LogP contribution in [0.4, 0.5) is 0 Å². The minimum Gasteiger partial charge on any atom is -0.497 e. The van der Waals surface area contributed by atoms with Crippen LogP contribution in [0.25, 0.3) is 0 Å². The Kier molecular flexibility index (Phi) is 7.38. The van der Waals surface area contributed by atoms with E-state index in [0.29, 0.717) is 24.5 Å². The van der Waals surface area contributed by atoms with E-state index in [1.807, 2.05) is 6.07 Å². The monoisotopic (exact) mass is 496 g/mol. The molecule has 162 valence electrons. The standard InChI is InChI=1S/C21H25BrN2O5S/c1-28-17-9-6-15(20(13-17)29-2)14-23-21(25)19-5-3-4-12-24(19)30(26,27)18-10-7-16(22)8-11-18/h6-11,13,19H,3-5,12,14H2,1-2H3,(H,23,25)/t19-/m0/s1. The summed E-state index contributed by atoms with van der Waals surface area (Å²) in [6.45, 7) is 0.553. The van der Waals surface area contributed by atoms with Crippen LogP contribution >= 0.6 is 15.9 Å². The molecule has 1 saturated heterocycles. The van der Waals surface area contributed by atoms with Crippen molar-refractivity contribution in [2.75, 3.05) is 20.8 Å². The Bertz CT molecular complexity index is 995. The third-order valence-corrected chi connectivity index (χ3v) is 7.57. The zero-order valence-corrected chi connectivity index (χ0v) is 19.3. The molecule has 0 spiro atoms.